The number of nitrogens with one attached hydrogen (secondary N) is 1. The van der Waals surface area contributed by atoms with Gasteiger partial charge in [-0.1, -0.05) is 13.0 Å². The summed E-state index contributed by atoms with van der Waals surface area (Å²) >= 11 is 2.08. The minimum Gasteiger partial charge on any atom is -0.357 e. The number of pyridine rings is 1. The quantitative estimate of drug-likeness (QED) is 0.683. The van der Waals surface area contributed by atoms with E-state index in [4.69, 9.17) is 4.99 Å². The summed E-state index contributed by atoms with van der Waals surface area (Å²) in [5, 5.41) is 4.15. The van der Waals surface area contributed by atoms with Gasteiger partial charge in [-0.05, 0) is 32.4 Å². The van der Waals surface area contributed by atoms with Crippen molar-refractivity contribution >= 4 is 23.4 Å². The van der Waals surface area contributed by atoms with E-state index < -0.39 is 0 Å². The number of hydrogen-bond acceptors (Lipinski definition) is 3. The second kappa shape index (κ2) is 7.92. The standard InChI is InChI=1S/C18H27N5S/c1-4-16-13-22(9-10-24-16)18(19-5-2)20-11-15-12-23-14(3)7-6-8-17(23)21-15/h6-8,12,16H,4-5,9-11,13H2,1-3H3,(H,19,20). The second-order valence-corrected chi connectivity index (χ2v) is 7.55. The molecule has 0 amide bonds. The summed E-state index contributed by atoms with van der Waals surface area (Å²) in [7, 11) is 0. The molecule has 1 unspecified atom stereocenters. The van der Waals surface area contributed by atoms with E-state index in [-0.39, 0.29) is 0 Å². The largest absolute Gasteiger partial charge is 0.357 e. The van der Waals surface area contributed by atoms with Crippen molar-refractivity contribution in [2.75, 3.05) is 25.4 Å². The molecule has 1 aliphatic rings. The average molecular weight is 346 g/mol. The molecule has 24 heavy (non-hydrogen) atoms. The Morgan fingerprint density at radius 1 is 1.42 bits per heavy atom. The van der Waals surface area contributed by atoms with Crippen molar-refractivity contribution in [3.05, 3.63) is 35.8 Å². The van der Waals surface area contributed by atoms with Crippen molar-refractivity contribution in [3.63, 3.8) is 0 Å². The van der Waals surface area contributed by atoms with Crippen molar-refractivity contribution in [1.29, 1.82) is 0 Å². The number of aromatic nitrogens is 2. The molecule has 3 heterocycles. The van der Waals surface area contributed by atoms with E-state index in [0.717, 1.165) is 36.9 Å². The number of rotatable bonds is 4. The highest BCUT2D eigenvalue weighted by atomic mass is 32.2. The number of hydrogen-bond donors (Lipinski definition) is 1. The van der Waals surface area contributed by atoms with Crippen LogP contribution in [0.1, 0.15) is 31.7 Å². The van der Waals surface area contributed by atoms with Crippen molar-refractivity contribution in [3.8, 4) is 0 Å². The van der Waals surface area contributed by atoms with Gasteiger partial charge in [-0.15, -0.1) is 0 Å². The number of thioether (sulfide) groups is 1. The van der Waals surface area contributed by atoms with Gasteiger partial charge in [0, 0.05) is 42.5 Å². The van der Waals surface area contributed by atoms with Crippen molar-refractivity contribution in [2.45, 2.75) is 39.0 Å². The summed E-state index contributed by atoms with van der Waals surface area (Å²) in [6, 6.07) is 6.19. The number of nitrogens with zero attached hydrogens (tertiary/aromatic N) is 4. The zero-order valence-electron chi connectivity index (χ0n) is 14.8. The Morgan fingerprint density at radius 3 is 3.04 bits per heavy atom. The van der Waals surface area contributed by atoms with Gasteiger partial charge < -0.3 is 14.6 Å². The Bertz CT molecular complexity index is 708. The molecule has 0 spiro atoms. The fourth-order valence-electron chi connectivity index (χ4n) is 3.02. The number of aryl methyl sites for hydroxylation is 1. The fraction of sp³-hybridized carbons (Fsp3) is 0.556. The van der Waals surface area contributed by atoms with Crippen LogP contribution in [-0.2, 0) is 6.54 Å². The monoisotopic (exact) mass is 345 g/mol. The van der Waals surface area contributed by atoms with Crippen LogP contribution in [0.25, 0.3) is 5.65 Å². The second-order valence-electron chi connectivity index (χ2n) is 6.14. The van der Waals surface area contributed by atoms with Crippen LogP contribution in [0.5, 0.6) is 0 Å². The summed E-state index contributed by atoms with van der Waals surface area (Å²) in [5.74, 6) is 2.20. The first-order valence-electron chi connectivity index (χ1n) is 8.79. The van der Waals surface area contributed by atoms with Gasteiger partial charge >= 0.3 is 0 Å². The summed E-state index contributed by atoms with van der Waals surface area (Å²) in [5.41, 5.74) is 3.20. The maximum absolute atomic E-state index is 4.85. The third-order valence-electron chi connectivity index (χ3n) is 4.37. The predicted molar refractivity (Wildman–Crippen MR) is 103 cm³/mol. The van der Waals surface area contributed by atoms with Crippen LogP contribution in [-0.4, -0.2) is 50.9 Å². The lowest BCUT2D eigenvalue weighted by atomic mass is 10.3. The molecule has 2 aromatic heterocycles. The molecule has 1 saturated heterocycles. The van der Waals surface area contributed by atoms with Crippen LogP contribution in [0.15, 0.2) is 29.4 Å². The summed E-state index contributed by atoms with van der Waals surface area (Å²) < 4.78 is 2.13. The van der Waals surface area contributed by atoms with E-state index in [9.17, 15) is 0 Å². The topological polar surface area (TPSA) is 44.9 Å². The van der Waals surface area contributed by atoms with Gasteiger partial charge in [-0.2, -0.15) is 11.8 Å². The first-order chi connectivity index (χ1) is 11.7. The molecule has 0 radical (unpaired) electrons. The lowest BCUT2D eigenvalue weighted by Crippen LogP contribution is -2.48. The highest BCUT2D eigenvalue weighted by Crippen LogP contribution is 2.21. The van der Waals surface area contributed by atoms with Gasteiger partial charge in [0.05, 0.1) is 12.2 Å². The molecule has 3 rings (SSSR count). The first kappa shape index (κ1) is 17.1. The molecule has 5 nitrogen and oxygen atoms in total. The van der Waals surface area contributed by atoms with Crippen molar-refractivity contribution < 1.29 is 0 Å². The first-order valence-corrected chi connectivity index (χ1v) is 9.84. The molecular weight excluding hydrogens is 318 g/mol. The molecular formula is C18H27N5S. The van der Waals surface area contributed by atoms with Crippen molar-refractivity contribution in [2.24, 2.45) is 4.99 Å². The average Bonchev–Trinajstić information content (AvgIpc) is 3.03. The third kappa shape index (κ3) is 3.86. The summed E-state index contributed by atoms with van der Waals surface area (Å²) in [6.45, 7) is 10.1. The lowest BCUT2D eigenvalue weighted by molar-refractivity contribution is 0.408. The normalized spacial score (nSPS) is 19.0. The Morgan fingerprint density at radius 2 is 2.29 bits per heavy atom. The van der Waals surface area contributed by atoms with Gasteiger partial charge in [-0.25, -0.2) is 9.98 Å². The van der Waals surface area contributed by atoms with Crippen molar-refractivity contribution in [1.82, 2.24) is 19.6 Å². The number of aliphatic imine (C=N–C) groups is 1. The Kier molecular flexibility index (Phi) is 5.66. The summed E-state index contributed by atoms with van der Waals surface area (Å²) in [6.07, 6.45) is 3.31. The van der Waals surface area contributed by atoms with E-state index in [1.165, 1.54) is 17.9 Å². The van der Waals surface area contributed by atoms with Gasteiger partial charge in [0.25, 0.3) is 0 Å². The van der Waals surface area contributed by atoms with E-state index in [0.29, 0.717) is 11.8 Å². The van der Waals surface area contributed by atoms with Crippen LogP contribution in [0, 0.1) is 6.92 Å². The van der Waals surface area contributed by atoms with E-state index in [1.807, 2.05) is 12.1 Å². The maximum Gasteiger partial charge on any atom is 0.194 e. The van der Waals surface area contributed by atoms with Crippen LogP contribution < -0.4 is 5.32 Å². The molecule has 0 saturated carbocycles. The molecule has 6 heteroatoms. The fourth-order valence-corrected chi connectivity index (χ4v) is 4.20. The molecule has 1 atom stereocenters. The Balaban J connectivity index is 1.76. The van der Waals surface area contributed by atoms with E-state index in [2.05, 4.69) is 64.4 Å². The van der Waals surface area contributed by atoms with Gasteiger partial charge in [0.2, 0.25) is 0 Å². The molecule has 0 bridgehead atoms. The minimum atomic E-state index is 0.615. The zero-order valence-corrected chi connectivity index (χ0v) is 15.6. The molecule has 0 aliphatic carbocycles. The number of imidazole rings is 1. The minimum absolute atomic E-state index is 0.615. The number of fused-ring (bicyclic) bond motifs is 1. The van der Waals surface area contributed by atoms with E-state index >= 15 is 0 Å². The Labute approximate surface area is 148 Å². The van der Waals surface area contributed by atoms with Crippen LogP contribution in [0.4, 0.5) is 0 Å². The highest BCUT2D eigenvalue weighted by molar-refractivity contribution is 8.00. The van der Waals surface area contributed by atoms with Crippen LogP contribution >= 0.6 is 11.8 Å². The van der Waals surface area contributed by atoms with Gasteiger partial charge in [0.1, 0.15) is 5.65 Å². The molecule has 0 aromatic carbocycles. The smallest absolute Gasteiger partial charge is 0.194 e. The predicted octanol–water partition coefficient (Wildman–Crippen LogP) is 2.94. The van der Waals surface area contributed by atoms with Crippen LogP contribution in [0.3, 0.4) is 0 Å². The third-order valence-corrected chi connectivity index (χ3v) is 5.74. The number of guanidine groups is 1. The molecule has 130 valence electrons. The summed E-state index contributed by atoms with van der Waals surface area (Å²) in [4.78, 5) is 11.9. The molecule has 1 N–H and O–H groups in total. The van der Waals surface area contributed by atoms with Crippen LogP contribution in [0.2, 0.25) is 0 Å². The molecule has 2 aromatic rings. The molecule has 1 aliphatic heterocycles. The highest BCUT2D eigenvalue weighted by Gasteiger charge is 2.21. The SMILES string of the molecule is CCNC(=NCc1cn2c(C)cccc2n1)N1CCSC(CC)C1. The van der Waals surface area contributed by atoms with Gasteiger partial charge in [0.15, 0.2) is 5.96 Å². The Hall–Kier alpha value is -1.69. The van der Waals surface area contributed by atoms with E-state index in [1.54, 1.807) is 0 Å². The maximum atomic E-state index is 4.85. The van der Waals surface area contributed by atoms with Gasteiger partial charge in [-0.3, -0.25) is 0 Å². The molecule has 1 fully saturated rings. The zero-order chi connectivity index (χ0) is 16.9. The lowest BCUT2D eigenvalue weighted by Gasteiger charge is -2.34.